The Morgan fingerprint density at radius 2 is 1.97 bits per heavy atom. The number of carbonyl (C=O) groups is 1. The van der Waals surface area contributed by atoms with Crippen LogP contribution in [0.2, 0.25) is 0 Å². The number of alkyl halides is 2. The van der Waals surface area contributed by atoms with Gasteiger partial charge in [0.05, 0.1) is 18.2 Å². The van der Waals surface area contributed by atoms with Crippen molar-refractivity contribution in [3.05, 3.63) is 53.5 Å². The highest BCUT2D eigenvalue weighted by atomic mass is 32.2. The smallest absolute Gasteiger partial charge is 0.257 e. The molecule has 0 heterocycles. The van der Waals surface area contributed by atoms with Gasteiger partial charge in [-0.1, -0.05) is 62.5 Å². The number of allylic oxidation sites excluding steroid dienone is 1. The van der Waals surface area contributed by atoms with Crippen molar-refractivity contribution in [1.29, 1.82) is 5.26 Å². The van der Waals surface area contributed by atoms with Gasteiger partial charge in [0.1, 0.15) is 5.54 Å². The molecule has 2 N–H and O–H groups in total. The summed E-state index contributed by atoms with van der Waals surface area (Å²) in [4.78, 5) is 13.7. The molecule has 0 aromatic heterocycles. The topological polar surface area (TPSA) is 64.9 Å². The van der Waals surface area contributed by atoms with E-state index in [1.165, 1.54) is 11.8 Å². The van der Waals surface area contributed by atoms with E-state index in [9.17, 15) is 18.8 Å². The molecular formula is C23H29F2N3OS. The van der Waals surface area contributed by atoms with Gasteiger partial charge in [-0.2, -0.15) is 5.26 Å². The minimum Gasteiger partial charge on any atom is -0.336 e. The third-order valence-electron chi connectivity index (χ3n) is 5.01. The molecule has 1 aromatic rings. The Labute approximate surface area is 181 Å². The molecule has 30 heavy (non-hydrogen) atoms. The Hall–Kier alpha value is -2.17. The maximum Gasteiger partial charge on any atom is 0.257 e. The minimum absolute atomic E-state index is 0.124. The van der Waals surface area contributed by atoms with Gasteiger partial charge >= 0.3 is 0 Å². The quantitative estimate of drug-likeness (QED) is 0.490. The van der Waals surface area contributed by atoms with Crippen molar-refractivity contribution in [2.24, 2.45) is 5.92 Å². The molecule has 0 bridgehead atoms. The Balaban J connectivity index is 2.21. The van der Waals surface area contributed by atoms with E-state index in [2.05, 4.69) is 23.3 Å². The number of thioether (sulfide) groups is 1. The molecule has 1 amide bonds. The molecule has 2 atom stereocenters. The standard InChI is InChI=1S/C23H29F2N3OS/c1-5-19(30-6-2)16-7-9-17(10-8-16)20(21(24)25)27-18(13-15(3)4)22(29)28-23(14-26)11-12-23/h5-10,15,18,20-21,27H,2,11-13H2,1,3-4H3,(H,28,29)/b19-5+/t18-,20?/m0/s1. The van der Waals surface area contributed by atoms with Crippen LogP contribution in [0.3, 0.4) is 0 Å². The van der Waals surface area contributed by atoms with Crippen LogP contribution in [0.4, 0.5) is 8.78 Å². The Morgan fingerprint density at radius 1 is 1.33 bits per heavy atom. The molecule has 1 fully saturated rings. The van der Waals surface area contributed by atoms with Crippen LogP contribution in [0.25, 0.3) is 4.91 Å². The van der Waals surface area contributed by atoms with Crippen molar-refractivity contribution in [2.75, 3.05) is 0 Å². The molecule has 0 aliphatic heterocycles. The number of benzene rings is 1. The lowest BCUT2D eigenvalue weighted by Gasteiger charge is -2.27. The average molecular weight is 434 g/mol. The van der Waals surface area contributed by atoms with E-state index in [1.54, 1.807) is 29.7 Å². The van der Waals surface area contributed by atoms with Crippen molar-refractivity contribution in [3.8, 4) is 6.07 Å². The monoisotopic (exact) mass is 433 g/mol. The Kier molecular flexibility index (Phi) is 8.63. The number of rotatable bonds is 11. The summed E-state index contributed by atoms with van der Waals surface area (Å²) in [5, 5.41) is 16.5. The Morgan fingerprint density at radius 3 is 2.40 bits per heavy atom. The zero-order valence-electron chi connectivity index (χ0n) is 17.6. The zero-order valence-corrected chi connectivity index (χ0v) is 18.4. The van der Waals surface area contributed by atoms with Crippen molar-refractivity contribution in [2.45, 2.75) is 64.1 Å². The summed E-state index contributed by atoms with van der Waals surface area (Å²) in [5.74, 6) is -0.275. The molecule has 2 rings (SSSR count). The molecule has 1 saturated carbocycles. The molecule has 1 aromatic carbocycles. The van der Waals surface area contributed by atoms with Crippen molar-refractivity contribution in [3.63, 3.8) is 0 Å². The molecule has 1 aliphatic carbocycles. The predicted molar refractivity (Wildman–Crippen MR) is 119 cm³/mol. The van der Waals surface area contributed by atoms with Gasteiger partial charge in [-0.15, -0.1) is 0 Å². The van der Waals surface area contributed by atoms with Crippen LogP contribution in [0, 0.1) is 17.2 Å². The van der Waals surface area contributed by atoms with Gasteiger partial charge in [0.25, 0.3) is 6.43 Å². The third kappa shape index (κ3) is 6.41. The highest BCUT2D eigenvalue weighted by Gasteiger charge is 2.46. The number of hydrogen-bond acceptors (Lipinski definition) is 4. The minimum atomic E-state index is -2.69. The third-order valence-corrected chi connectivity index (χ3v) is 5.90. The molecule has 0 spiro atoms. The van der Waals surface area contributed by atoms with E-state index in [-0.39, 0.29) is 5.92 Å². The molecule has 0 saturated heterocycles. The highest BCUT2D eigenvalue weighted by Crippen LogP contribution is 2.35. The number of carbonyl (C=O) groups excluding carboxylic acids is 1. The van der Waals surface area contributed by atoms with Crippen molar-refractivity contribution < 1.29 is 13.6 Å². The second-order valence-electron chi connectivity index (χ2n) is 7.90. The average Bonchev–Trinajstić information content (AvgIpc) is 3.48. The van der Waals surface area contributed by atoms with Gasteiger partial charge in [0.2, 0.25) is 5.91 Å². The number of amides is 1. The van der Waals surface area contributed by atoms with Gasteiger partial charge in [0, 0.05) is 4.91 Å². The lowest BCUT2D eigenvalue weighted by atomic mass is 9.99. The molecule has 4 nitrogen and oxygen atoms in total. The van der Waals surface area contributed by atoms with Gasteiger partial charge < -0.3 is 5.32 Å². The van der Waals surface area contributed by atoms with Crippen LogP contribution < -0.4 is 10.6 Å². The van der Waals surface area contributed by atoms with Crippen LogP contribution in [-0.2, 0) is 4.79 Å². The van der Waals surface area contributed by atoms with Crippen LogP contribution in [0.1, 0.15) is 57.2 Å². The SMILES string of the molecule is C=CS/C(=C/C)c1ccc(C(N[C@@H](CC(C)C)C(=O)NC2(C#N)CC2)C(F)F)cc1. The van der Waals surface area contributed by atoms with E-state index in [0.29, 0.717) is 24.8 Å². The summed E-state index contributed by atoms with van der Waals surface area (Å²) in [7, 11) is 0. The van der Waals surface area contributed by atoms with Crippen LogP contribution in [0.15, 0.2) is 42.3 Å². The number of hydrogen-bond donors (Lipinski definition) is 2. The normalized spacial score (nSPS) is 17.3. The summed E-state index contributed by atoms with van der Waals surface area (Å²) in [6.07, 6.45) is 0.843. The van der Waals surface area contributed by atoms with Gasteiger partial charge in [-0.3, -0.25) is 10.1 Å². The molecule has 1 unspecified atom stereocenters. The number of halogens is 2. The molecule has 0 radical (unpaired) electrons. The lowest BCUT2D eigenvalue weighted by molar-refractivity contribution is -0.124. The van der Waals surface area contributed by atoms with E-state index in [0.717, 1.165) is 10.5 Å². The number of nitrogens with one attached hydrogen (secondary N) is 2. The van der Waals surface area contributed by atoms with Crippen molar-refractivity contribution in [1.82, 2.24) is 10.6 Å². The Bertz CT molecular complexity index is 811. The second-order valence-corrected chi connectivity index (χ2v) is 8.91. The first-order chi connectivity index (χ1) is 14.2. The second kappa shape index (κ2) is 10.7. The van der Waals surface area contributed by atoms with Crippen molar-refractivity contribution >= 4 is 22.6 Å². The molecule has 162 valence electrons. The summed E-state index contributed by atoms with van der Waals surface area (Å²) < 4.78 is 27.9. The van der Waals surface area contributed by atoms with Crippen LogP contribution >= 0.6 is 11.8 Å². The fourth-order valence-corrected chi connectivity index (χ4v) is 3.80. The number of nitriles is 1. The largest absolute Gasteiger partial charge is 0.336 e. The molecule has 1 aliphatic rings. The maximum absolute atomic E-state index is 13.9. The summed E-state index contributed by atoms with van der Waals surface area (Å²) in [6.45, 7) is 9.48. The van der Waals surface area contributed by atoms with Crippen LogP contribution in [0.5, 0.6) is 0 Å². The summed E-state index contributed by atoms with van der Waals surface area (Å²) >= 11 is 1.47. The first-order valence-electron chi connectivity index (χ1n) is 10.1. The summed E-state index contributed by atoms with van der Waals surface area (Å²) in [6, 6.07) is 6.93. The van der Waals surface area contributed by atoms with E-state index < -0.39 is 30.0 Å². The predicted octanol–water partition coefficient (Wildman–Crippen LogP) is 5.41. The van der Waals surface area contributed by atoms with Crippen LogP contribution in [-0.4, -0.2) is 23.9 Å². The zero-order chi connectivity index (χ0) is 22.3. The first-order valence-corrected chi connectivity index (χ1v) is 10.9. The van der Waals surface area contributed by atoms with Gasteiger partial charge in [-0.25, -0.2) is 8.78 Å². The molecular weight excluding hydrogens is 404 g/mol. The maximum atomic E-state index is 13.9. The van der Waals surface area contributed by atoms with E-state index in [4.69, 9.17) is 0 Å². The summed E-state index contributed by atoms with van der Waals surface area (Å²) in [5.41, 5.74) is 0.498. The molecule has 7 heteroatoms. The highest BCUT2D eigenvalue weighted by molar-refractivity contribution is 8.10. The number of nitrogens with zero attached hydrogens (tertiary/aromatic N) is 1. The van der Waals surface area contributed by atoms with Gasteiger partial charge in [-0.05, 0) is 48.6 Å². The fraction of sp³-hybridized carbons (Fsp3) is 0.478. The fourth-order valence-electron chi connectivity index (χ4n) is 3.21. The van der Waals surface area contributed by atoms with Gasteiger partial charge in [0.15, 0.2) is 0 Å². The van der Waals surface area contributed by atoms with E-state index >= 15 is 0 Å². The first kappa shape index (κ1) is 24.1. The lowest BCUT2D eigenvalue weighted by Crippen LogP contribution is -2.51. The van der Waals surface area contributed by atoms with E-state index in [1.807, 2.05) is 26.8 Å².